The molecule has 1 N–H and O–H groups in total. The van der Waals surface area contributed by atoms with E-state index in [9.17, 15) is 0 Å². The third-order valence-electron chi connectivity index (χ3n) is 3.20. The van der Waals surface area contributed by atoms with E-state index in [1.165, 1.54) is 29.7 Å². The van der Waals surface area contributed by atoms with E-state index in [1.54, 1.807) is 0 Å². The zero-order valence-electron chi connectivity index (χ0n) is 10.2. The summed E-state index contributed by atoms with van der Waals surface area (Å²) in [5, 5.41) is 4.41. The van der Waals surface area contributed by atoms with Crippen LogP contribution in [0.2, 0.25) is 0 Å². The quantitative estimate of drug-likeness (QED) is 0.856. The molecule has 1 nitrogen and oxygen atoms in total. The van der Waals surface area contributed by atoms with Gasteiger partial charge in [-0.15, -0.1) is 0 Å². The second-order valence-corrected chi connectivity index (χ2v) is 5.84. The highest BCUT2D eigenvalue weighted by Gasteiger charge is 2.25. The summed E-state index contributed by atoms with van der Waals surface area (Å²) in [4.78, 5) is 0. The van der Waals surface area contributed by atoms with Crippen LogP contribution in [0.25, 0.3) is 0 Å². The lowest BCUT2D eigenvalue weighted by atomic mass is 10.00. The molecule has 1 aromatic carbocycles. The Bertz CT molecular complexity index is 314. The molecule has 0 bridgehead atoms. The van der Waals surface area contributed by atoms with E-state index in [1.807, 2.05) is 0 Å². The van der Waals surface area contributed by atoms with Gasteiger partial charge in [-0.2, -0.15) is 11.8 Å². The lowest BCUT2D eigenvalue weighted by Gasteiger charge is -2.24. The van der Waals surface area contributed by atoms with Crippen LogP contribution in [0.4, 0.5) is 0 Å². The molecule has 2 unspecified atom stereocenters. The zero-order chi connectivity index (χ0) is 11.4. The topological polar surface area (TPSA) is 12.0 Å². The molecule has 1 fully saturated rings. The van der Waals surface area contributed by atoms with Crippen LogP contribution in [0.15, 0.2) is 24.3 Å². The van der Waals surface area contributed by atoms with Crippen molar-refractivity contribution in [2.45, 2.75) is 38.0 Å². The van der Waals surface area contributed by atoms with Crippen molar-refractivity contribution in [3.05, 3.63) is 35.4 Å². The molecule has 16 heavy (non-hydrogen) atoms. The maximum Gasteiger partial charge on any atom is 0.0440 e. The van der Waals surface area contributed by atoms with Crippen LogP contribution in [0.3, 0.4) is 0 Å². The Hall–Kier alpha value is -0.470. The van der Waals surface area contributed by atoms with Gasteiger partial charge >= 0.3 is 0 Å². The standard InChI is InChI=1S/C14H21NS/c1-3-15-14(13-5-4-10-16-13)12-8-6-11(2)7-9-12/h6-9,13-15H,3-5,10H2,1-2H3. The summed E-state index contributed by atoms with van der Waals surface area (Å²) in [6.45, 7) is 5.40. The van der Waals surface area contributed by atoms with Gasteiger partial charge in [0.25, 0.3) is 0 Å². The Morgan fingerprint density at radius 1 is 1.38 bits per heavy atom. The van der Waals surface area contributed by atoms with E-state index in [0.29, 0.717) is 6.04 Å². The second kappa shape index (κ2) is 5.74. The maximum absolute atomic E-state index is 3.64. The molecule has 0 saturated carbocycles. The SMILES string of the molecule is CCNC(c1ccc(C)cc1)C1CCCS1. The number of rotatable bonds is 4. The minimum absolute atomic E-state index is 0.540. The fraction of sp³-hybridized carbons (Fsp3) is 0.571. The summed E-state index contributed by atoms with van der Waals surface area (Å²) in [7, 11) is 0. The Morgan fingerprint density at radius 2 is 2.12 bits per heavy atom. The van der Waals surface area contributed by atoms with Gasteiger partial charge in [0.15, 0.2) is 0 Å². The van der Waals surface area contributed by atoms with E-state index >= 15 is 0 Å². The lowest BCUT2D eigenvalue weighted by molar-refractivity contribution is 0.519. The molecule has 0 amide bonds. The molecule has 2 atom stereocenters. The van der Waals surface area contributed by atoms with Gasteiger partial charge in [0, 0.05) is 11.3 Å². The normalized spacial score (nSPS) is 22.2. The van der Waals surface area contributed by atoms with Crippen LogP contribution in [0.1, 0.15) is 36.9 Å². The van der Waals surface area contributed by atoms with Crippen LogP contribution < -0.4 is 5.32 Å². The van der Waals surface area contributed by atoms with Gasteiger partial charge in [0.05, 0.1) is 0 Å². The van der Waals surface area contributed by atoms with Crippen LogP contribution in [0, 0.1) is 6.92 Å². The van der Waals surface area contributed by atoms with Gasteiger partial charge in [-0.3, -0.25) is 0 Å². The van der Waals surface area contributed by atoms with Crippen molar-refractivity contribution in [2.75, 3.05) is 12.3 Å². The van der Waals surface area contributed by atoms with Crippen molar-refractivity contribution in [1.29, 1.82) is 0 Å². The lowest BCUT2D eigenvalue weighted by Crippen LogP contribution is -2.28. The fourth-order valence-corrected chi connectivity index (χ4v) is 3.74. The number of nitrogens with one attached hydrogen (secondary N) is 1. The molecule has 0 spiro atoms. The molecule has 0 radical (unpaired) electrons. The summed E-state index contributed by atoms with van der Waals surface area (Å²) in [6.07, 6.45) is 2.74. The number of hydrogen-bond acceptors (Lipinski definition) is 2. The molecule has 0 aromatic heterocycles. The molecular formula is C14H21NS. The monoisotopic (exact) mass is 235 g/mol. The molecular weight excluding hydrogens is 214 g/mol. The first-order chi connectivity index (χ1) is 7.81. The Morgan fingerprint density at radius 3 is 2.69 bits per heavy atom. The zero-order valence-corrected chi connectivity index (χ0v) is 11.0. The average Bonchev–Trinajstić information content (AvgIpc) is 2.81. The highest BCUT2D eigenvalue weighted by molar-refractivity contribution is 8.00. The average molecular weight is 235 g/mol. The van der Waals surface area contributed by atoms with Crippen molar-refractivity contribution < 1.29 is 0 Å². The van der Waals surface area contributed by atoms with Crippen molar-refractivity contribution >= 4 is 11.8 Å². The molecule has 1 aromatic rings. The maximum atomic E-state index is 3.64. The first-order valence-corrected chi connectivity index (χ1v) is 7.27. The summed E-state index contributed by atoms with van der Waals surface area (Å²) in [6, 6.07) is 9.54. The van der Waals surface area contributed by atoms with Gasteiger partial charge in [-0.1, -0.05) is 36.8 Å². The van der Waals surface area contributed by atoms with Crippen molar-refractivity contribution in [1.82, 2.24) is 5.32 Å². The Balaban J connectivity index is 2.14. The number of hydrogen-bond donors (Lipinski definition) is 1. The van der Waals surface area contributed by atoms with Gasteiger partial charge in [-0.05, 0) is 37.6 Å². The smallest absolute Gasteiger partial charge is 0.0440 e. The van der Waals surface area contributed by atoms with Crippen LogP contribution >= 0.6 is 11.8 Å². The second-order valence-electron chi connectivity index (χ2n) is 4.50. The molecule has 2 heteroatoms. The summed E-state index contributed by atoms with van der Waals surface area (Å²) in [5.41, 5.74) is 2.80. The Labute approximate surface area is 103 Å². The van der Waals surface area contributed by atoms with Gasteiger partial charge in [0.2, 0.25) is 0 Å². The highest BCUT2D eigenvalue weighted by atomic mass is 32.2. The minimum Gasteiger partial charge on any atom is -0.309 e. The van der Waals surface area contributed by atoms with Gasteiger partial charge in [-0.25, -0.2) is 0 Å². The number of thioether (sulfide) groups is 1. The van der Waals surface area contributed by atoms with Crippen LogP contribution in [-0.2, 0) is 0 Å². The van der Waals surface area contributed by atoms with E-state index in [4.69, 9.17) is 0 Å². The fourth-order valence-electron chi connectivity index (χ4n) is 2.32. The predicted octanol–water partition coefficient (Wildman–Crippen LogP) is 3.54. The Kier molecular flexibility index (Phi) is 4.30. The van der Waals surface area contributed by atoms with Crippen LogP contribution in [-0.4, -0.2) is 17.5 Å². The minimum atomic E-state index is 0.540. The summed E-state index contributed by atoms with van der Waals surface area (Å²) in [5.74, 6) is 1.33. The predicted molar refractivity (Wildman–Crippen MR) is 73.1 cm³/mol. The summed E-state index contributed by atoms with van der Waals surface area (Å²) < 4.78 is 0. The first kappa shape index (κ1) is 12.0. The van der Waals surface area contributed by atoms with E-state index < -0.39 is 0 Å². The van der Waals surface area contributed by atoms with Gasteiger partial charge < -0.3 is 5.32 Å². The molecule has 1 aliphatic rings. The molecule has 1 saturated heterocycles. The third kappa shape index (κ3) is 2.80. The van der Waals surface area contributed by atoms with Crippen LogP contribution in [0.5, 0.6) is 0 Å². The van der Waals surface area contributed by atoms with Crippen molar-refractivity contribution in [3.8, 4) is 0 Å². The van der Waals surface area contributed by atoms with Crippen molar-refractivity contribution in [3.63, 3.8) is 0 Å². The first-order valence-electron chi connectivity index (χ1n) is 6.23. The molecule has 2 rings (SSSR count). The van der Waals surface area contributed by atoms with Gasteiger partial charge in [0.1, 0.15) is 0 Å². The van der Waals surface area contributed by atoms with E-state index in [0.717, 1.165) is 11.8 Å². The third-order valence-corrected chi connectivity index (χ3v) is 4.66. The number of benzene rings is 1. The van der Waals surface area contributed by atoms with Crippen molar-refractivity contribution in [2.24, 2.45) is 0 Å². The highest BCUT2D eigenvalue weighted by Crippen LogP contribution is 2.35. The largest absolute Gasteiger partial charge is 0.309 e. The molecule has 1 aliphatic heterocycles. The molecule has 0 aliphatic carbocycles. The summed E-state index contributed by atoms with van der Waals surface area (Å²) >= 11 is 2.13. The van der Waals surface area contributed by atoms with E-state index in [2.05, 4.69) is 55.2 Å². The number of aryl methyl sites for hydroxylation is 1. The van der Waals surface area contributed by atoms with E-state index in [-0.39, 0.29) is 0 Å². The molecule has 88 valence electrons. The molecule has 1 heterocycles.